The number of anilines is 1. The predicted molar refractivity (Wildman–Crippen MR) is 64.7 cm³/mol. The van der Waals surface area contributed by atoms with Crippen LogP contribution < -0.4 is 11.1 Å². The van der Waals surface area contributed by atoms with Gasteiger partial charge in [-0.1, -0.05) is 0 Å². The third-order valence-corrected chi connectivity index (χ3v) is 4.09. The van der Waals surface area contributed by atoms with Crippen molar-refractivity contribution in [3.8, 4) is 0 Å². The van der Waals surface area contributed by atoms with Crippen LogP contribution in [0.3, 0.4) is 0 Å². The van der Waals surface area contributed by atoms with Crippen molar-refractivity contribution < 1.29 is 9.53 Å². The molecule has 1 aromatic rings. The van der Waals surface area contributed by atoms with Crippen molar-refractivity contribution in [3.05, 3.63) is 11.1 Å². The van der Waals surface area contributed by atoms with E-state index in [-0.39, 0.29) is 18.1 Å². The summed E-state index contributed by atoms with van der Waals surface area (Å²) >= 11 is 1.36. The molecule has 2 saturated heterocycles. The Morgan fingerprint density at radius 1 is 1.65 bits per heavy atom. The molecule has 3 heterocycles. The number of nitrogen functional groups attached to an aromatic ring is 1. The first-order valence-electron chi connectivity index (χ1n) is 5.85. The van der Waals surface area contributed by atoms with Crippen molar-refractivity contribution in [2.45, 2.75) is 43.9 Å². The van der Waals surface area contributed by atoms with Crippen molar-refractivity contribution >= 4 is 22.4 Å². The fraction of sp³-hybridized carbons (Fsp3) is 0.636. The van der Waals surface area contributed by atoms with Crippen molar-refractivity contribution in [3.63, 3.8) is 0 Å². The van der Waals surface area contributed by atoms with Gasteiger partial charge in [0.1, 0.15) is 0 Å². The van der Waals surface area contributed by atoms with Crippen LogP contribution in [0.15, 0.2) is 5.38 Å². The Bertz CT molecular complexity index is 434. The van der Waals surface area contributed by atoms with Crippen molar-refractivity contribution in [2.75, 3.05) is 5.73 Å². The van der Waals surface area contributed by atoms with Crippen molar-refractivity contribution in [2.24, 2.45) is 0 Å². The number of carbonyl (C=O) groups excluding carboxylic acids is 1. The molecule has 2 bridgehead atoms. The second-order valence-corrected chi connectivity index (χ2v) is 5.53. The zero-order valence-electron chi connectivity index (χ0n) is 9.39. The maximum absolute atomic E-state index is 11.8. The second kappa shape index (κ2) is 4.27. The molecule has 3 rings (SSSR count). The maximum atomic E-state index is 11.8. The van der Waals surface area contributed by atoms with E-state index in [1.54, 1.807) is 0 Å². The number of nitrogens with two attached hydrogens (primary N) is 1. The summed E-state index contributed by atoms with van der Waals surface area (Å²) in [6.45, 7) is 0. The lowest BCUT2D eigenvalue weighted by atomic mass is 9.95. The molecule has 1 amide bonds. The van der Waals surface area contributed by atoms with Gasteiger partial charge in [0, 0.05) is 5.38 Å². The average molecular weight is 253 g/mol. The fourth-order valence-corrected chi connectivity index (χ4v) is 3.18. The minimum Gasteiger partial charge on any atom is -0.375 e. The molecule has 3 unspecified atom stereocenters. The quantitative estimate of drug-likeness (QED) is 0.831. The molecule has 1 aromatic heterocycles. The molecule has 0 aromatic carbocycles. The van der Waals surface area contributed by atoms with Gasteiger partial charge in [-0.15, -0.1) is 11.3 Å². The Morgan fingerprint density at radius 2 is 2.53 bits per heavy atom. The van der Waals surface area contributed by atoms with E-state index in [1.165, 1.54) is 11.3 Å². The van der Waals surface area contributed by atoms with Crippen LogP contribution in [0.4, 0.5) is 5.13 Å². The van der Waals surface area contributed by atoms with Crippen LogP contribution in [-0.4, -0.2) is 29.1 Å². The summed E-state index contributed by atoms with van der Waals surface area (Å²) in [5.74, 6) is 0.0106. The van der Waals surface area contributed by atoms with E-state index in [4.69, 9.17) is 10.5 Å². The molecule has 17 heavy (non-hydrogen) atoms. The van der Waals surface area contributed by atoms with Crippen LogP contribution >= 0.6 is 11.3 Å². The third kappa shape index (κ3) is 2.28. The van der Waals surface area contributed by atoms with Gasteiger partial charge in [-0.3, -0.25) is 4.79 Å². The number of rotatable bonds is 3. The number of thiazole rings is 1. The topological polar surface area (TPSA) is 77.2 Å². The molecular formula is C11H15N3O2S. The van der Waals surface area contributed by atoms with Gasteiger partial charge in [0.25, 0.3) is 0 Å². The van der Waals surface area contributed by atoms with Crippen LogP contribution in [0, 0.1) is 0 Å². The summed E-state index contributed by atoms with van der Waals surface area (Å²) in [5, 5.41) is 5.36. The summed E-state index contributed by atoms with van der Waals surface area (Å²) in [4.78, 5) is 15.9. The standard InChI is InChI=1S/C11H15N3O2S/c12-11-13-6(5-17-11)3-10(15)14-8-4-7-1-2-9(8)16-7/h5,7-9H,1-4H2,(H2,12,13)(H,14,15). The molecule has 92 valence electrons. The van der Waals surface area contributed by atoms with E-state index in [2.05, 4.69) is 10.3 Å². The van der Waals surface area contributed by atoms with E-state index in [0.717, 1.165) is 25.0 Å². The monoisotopic (exact) mass is 253 g/mol. The molecule has 2 fully saturated rings. The number of fused-ring (bicyclic) bond motifs is 2. The summed E-state index contributed by atoms with van der Waals surface area (Å²) in [6.07, 6.45) is 4.06. The highest BCUT2D eigenvalue weighted by atomic mass is 32.1. The number of aromatic nitrogens is 1. The van der Waals surface area contributed by atoms with Gasteiger partial charge in [-0.2, -0.15) is 0 Å². The molecular weight excluding hydrogens is 238 g/mol. The number of hydrogen-bond acceptors (Lipinski definition) is 5. The number of nitrogens with zero attached hydrogens (tertiary/aromatic N) is 1. The van der Waals surface area contributed by atoms with Crippen LogP contribution in [0.25, 0.3) is 0 Å². The fourth-order valence-electron chi connectivity index (χ4n) is 2.62. The number of amides is 1. The molecule has 0 spiro atoms. The maximum Gasteiger partial charge on any atom is 0.226 e. The van der Waals surface area contributed by atoms with Crippen LogP contribution in [0.5, 0.6) is 0 Å². The Balaban J connectivity index is 1.54. The largest absolute Gasteiger partial charge is 0.375 e. The van der Waals surface area contributed by atoms with Gasteiger partial charge in [0.15, 0.2) is 5.13 Å². The average Bonchev–Trinajstić information content (AvgIpc) is 2.95. The molecule has 0 radical (unpaired) electrons. The number of nitrogens with one attached hydrogen (secondary N) is 1. The van der Waals surface area contributed by atoms with Gasteiger partial charge in [-0.05, 0) is 19.3 Å². The van der Waals surface area contributed by atoms with Crippen molar-refractivity contribution in [1.82, 2.24) is 10.3 Å². The van der Waals surface area contributed by atoms with Crippen LogP contribution in [0.2, 0.25) is 0 Å². The lowest BCUT2D eigenvalue weighted by Crippen LogP contribution is -2.42. The van der Waals surface area contributed by atoms with Gasteiger partial charge >= 0.3 is 0 Å². The first-order chi connectivity index (χ1) is 8.20. The van der Waals surface area contributed by atoms with Gasteiger partial charge in [0.05, 0.1) is 30.4 Å². The summed E-state index contributed by atoms with van der Waals surface area (Å²) < 4.78 is 5.69. The van der Waals surface area contributed by atoms with E-state index in [1.807, 2.05) is 5.38 Å². The Morgan fingerprint density at radius 3 is 3.12 bits per heavy atom. The number of hydrogen-bond donors (Lipinski definition) is 2. The highest BCUT2D eigenvalue weighted by Crippen LogP contribution is 2.34. The van der Waals surface area contributed by atoms with E-state index in [9.17, 15) is 4.79 Å². The van der Waals surface area contributed by atoms with Gasteiger partial charge < -0.3 is 15.8 Å². The SMILES string of the molecule is Nc1nc(CC(=O)NC2CC3CCC2O3)cs1. The lowest BCUT2D eigenvalue weighted by molar-refractivity contribution is -0.121. The minimum absolute atomic E-state index is 0.0106. The van der Waals surface area contributed by atoms with E-state index >= 15 is 0 Å². The molecule has 3 N–H and O–H groups in total. The van der Waals surface area contributed by atoms with Gasteiger partial charge in [0.2, 0.25) is 5.91 Å². The Hall–Kier alpha value is -1.14. The molecule has 2 aliphatic heterocycles. The molecule has 5 nitrogen and oxygen atoms in total. The second-order valence-electron chi connectivity index (χ2n) is 4.64. The van der Waals surface area contributed by atoms with Crippen LogP contribution in [0.1, 0.15) is 25.0 Å². The molecule has 0 saturated carbocycles. The Labute approximate surface area is 103 Å². The highest BCUT2D eigenvalue weighted by molar-refractivity contribution is 7.13. The summed E-state index contributed by atoms with van der Waals surface area (Å²) in [5.41, 5.74) is 6.27. The zero-order chi connectivity index (χ0) is 11.8. The Kier molecular flexibility index (Phi) is 2.76. The smallest absolute Gasteiger partial charge is 0.226 e. The first-order valence-corrected chi connectivity index (χ1v) is 6.73. The van der Waals surface area contributed by atoms with Crippen LogP contribution in [-0.2, 0) is 16.0 Å². The molecule has 6 heteroatoms. The summed E-state index contributed by atoms with van der Waals surface area (Å²) in [6, 6.07) is 0.192. The molecule has 0 aliphatic carbocycles. The highest BCUT2D eigenvalue weighted by Gasteiger charge is 2.41. The van der Waals surface area contributed by atoms with E-state index < -0.39 is 0 Å². The van der Waals surface area contributed by atoms with E-state index in [0.29, 0.717) is 17.7 Å². The third-order valence-electron chi connectivity index (χ3n) is 3.36. The zero-order valence-corrected chi connectivity index (χ0v) is 10.2. The summed E-state index contributed by atoms with van der Waals surface area (Å²) in [7, 11) is 0. The first kappa shape index (κ1) is 11.0. The lowest BCUT2D eigenvalue weighted by Gasteiger charge is -2.19. The minimum atomic E-state index is 0.0106. The predicted octanol–water partition coefficient (Wildman–Crippen LogP) is 0.704. The van der Waals surface area contributed by atoms with Crippen molar-refractivity contribution in [1.29, 1.82) is 0 Å². The number of carbonyl (C=O) groups is 1. The number of ether oxygens (including phenoxy) is 1. The normalized spacial score (nSPS) is 30.7. The molecule has 3 atom stereocenters. The molecule has 2 aliphatic rings. The van der Waals surface area contributed by atoms with Gasteiger partial charge in [-0.25, -0.2) is 4.98 Å².